The van der Waals surface area contributed by atoms with Crippen LogP contribution >= 0.6 is 0 Å². The number of fused-ring (bicyclic) bond motifs is 1. The molecule has 1 aromatic carbocycles. The first-order valence-corrected chi connectivity index (χ1v) is 8.66. The molecule has 2 amide bonds. The fraction of sp³-hybridized carbons (Fsp3) is 0.444. The summed E-state index contributed by atoms with van der Waals surface area (Å²) in [6, 6.07) is 9.61. The number of aromatic nitrogens is 2. The molecule has 3 rings (SSSR count). The van der Waals surface area contributed by atoms with E-state index >= 15 is 0 Å². The van der Waals surface area contributed by atoms with Gasteiger partial charge in [-0.3, -0.25) is 19.6 Å². The second-order valence-corrected chi connectivity index (χ2v) is 6.41. The van der Waals surface area contributed by atoms with Gasteiger partial charge in [-0.25, -0.2) is 0 Å². The Kier molecular flexibility index (Phi) is 5.49. The van der Waals surface area contributed by atoms with Crippen LogP contribution in [0.3, 0.4) is 0 Å². The van der Waals surface area contributed by atoms with E-state index in [1.54, 1.807) is 16.8 Å². The molecule has 0 bridgehead atoms. The minimum absolute atomic E-state index is 0.00155. The smallest absolute Gasteiger partial charge is 0.275 e. The van der Waals surface area contributed by atoms with Crippen molar-refractivity contribution in [2.75, 3.05) is 46.3 Å². The van der Waals surface area contributed by atoms with Gasteiger partial charge >= 0.3 is 0 Å². The highest BCUT2D eigenvalue weighted by molar-refractivity contribution is 6.04. The Balaban J connectivity index is 1.54. The molecule has 2 aromatic rings. The molecule has 0 unspecified atom stereocenters. The molecule has 2 heterocycles. The average molecular weight is 354 g/mol. The van der Waals surface area contributed by atoms with Crippen molar-refractivity contribution in [1.82, 2.24) is 24.9 Å². The molecule has 8 nitrogen and oxygen atoms in total. The van der Waals surface area contributed by atoms with Crippen LogP contribution in [0.15, 0.2) is 24.3 Å². The predicted octanol–water partition coefficient (Wildman–Crippen LogP) is 0.693. The Bertz CT molecular complexity index is 832. The number of para-hydroxylation sites is 1. The Hall–Kier alpha value is -2.92. The van der Waals surface area contributed by atoms with Crippen LogP contribution < -0.4 is 0 Å². The van der Waals surface area contributed by atoms with E-state index in [2.05, 4.69) is 10.2 Å². The van der Waals surface area contributed by atoms with E-state index in [0.29, 0.717) is 51.4 Å². The standard InChI is InChI=1S/C18H22N6O2/c1-22(8-4-7-19)16(25)13-23-9-11-24(12-10-23)18(26)17-14-5-2-3-6-15(14)20-21-17/h2-3,5-6H,4,8-13H2,1H3,(H,20,21). The minimum atomic E-state index is -0.0837. The van der Waals surface area contributed by atoms with Gasteiger partial charge in [-0.1, -0.05) is 18.2 Å². The number of hydrogen-bond donors (Lipinski definition) is 1. The molecule has 1 aliphatic rings. The highest BCUT2D eigenvalue weighted by atomic mass is 16.2. The number of benzene rings is 1. The third kappa shape index (κ3) is 3.83. The van der Waals surface area contributed by atoms with Gasteiger partial charge in [0, 0.05) is 45.2 Å². The molecule has 0 saturated carbocycles. The summed E-state index contributed by atoms with van der Waals surface area (Å²) in [7, 11) is 1.71. The van der Waals surface area contributed by atoms with Crippen molar-refractivity contribution in [2.24, 2.45) is 0 Å². The van der Waals surface area contributed by atoms with Crippen molar-refractivity contribution in [2.45, 2.75) is 6.42 Å². The number of amides is 2. The number of piperazine rings is 1. The maximum Gasteiger partial charge on any atom is 0.275 e. The molecule has 1 aliphatic heterocycles. The number of aromatic amines is 1. The Morgan fingerprint density at radius 1 is 1.27 bits per heavy atom. The quantitative estimate of drug-likeness (QED) is 0.852. The zero-order valence-electron chi connectivity index (χ0n) is 14.8. The number of rotatable bonds is 5. The maximum absolute atomic E-state index is 12.7. The number of nitrogens with one attached hydrogen (secondary N) is 1. The normalized spacial score (nSPS) is 15.0. The van der Waals surface area contributed by atoms with Gasteiger partial charge in [-0.2, -0.15) is 10.4 Å². The molecule has 8 heteroatoms. The summed E-state index contributed by atoms with van der Waals surface area (Å²) in [5, 5.41) is 16.5. The second-order valence-electron chi connectivity index (χ2n) is 6.41. The molecular formula is C18H22N6O2. The second kappa shape index (κ2) is 7.97. The van der Waals surface area contributed by atoms with Crippen LogP contribution in [0.25, 0.3) is 10.9 Å². The van der Waals surface area contributed by atoms with Crippen molar-refractivity contribution >= 4 is 22.7 Å². The van der Waals surface area contributed by atoms with Crippen LogP contribution in [0.1, 0.15) is 16.9 Å². The lowest BCUT2D eigenvalue weighted by Gasteiger charge is -2.34. The molecule has 0 atom stereocenters. The van der Waals surface area contributed by atoms with Gasteiger partial charge < -0.3 is 9.80 Å². The van der Waals surface area contributed by atoms with Crippen LogP contribution in [-0.2, 0) is 4.79 Å². The first kappa shape index (κ1) is 17.9. The molecular weight excluding hydrogens is 332 g/mol. The van der Waals surface area contributed by atoms with Gasteiger partial charge in [0.15, 0.2) is 5.69 Å². The molecule has 1 saturated heterocycles. The Morgan fingerprint density at radius 2 is 2.00 bits per heavy atom. The molecule has 0 spiro atoms. The van der Waals surface area contributed by atoms with E-state index < -0.39 is 0 Å². The van der Waals surface area contributed by atoms with Gasteiger partial charge in [-0.15, -0.1) is 0 Å². The fourth-order valence-electron chi connectivity index (χ4n) is 3.04. The van der Waals surface area contributed by atoms with Crippen LogP contribution in [-0.4, -0.2) is 83.0 Å². The largest absolute Gasteiger partial charge is 0.344 e. The lowest BCUT2D eigenvalue weighted by molar-refractivity contribution is -0.131. The van der Waals surface area contributed by atoms with Crippen molar-refractivity contribution in [3.8, 4) is 6.07 Å². The first-order valence-electron chi connectivity index (χ1n) is 8.66. The third-order valence-corrected chi connectivity index (χ3v) is 4.68. The molecule has 1 aromatic heterocycles. The number of carbonyl (C=O) groups is 2. The van der Waals surface area contributed by atoms with Gasteiger partial charge in [0.2, 0.25) is 5.91 Å². The van der Waals surface area contributed by atoms with Crippen molar-refractivity contribution in [1.29, 1.82) is 5.26 Å². The zero-order chi connectivity index (χ0) is 18.5. The van der Waals surface area contributed by atoms with Crippen LogP contribution in [0.2, 0.25) is 0 Å². The van der Waals surface area contributed by atoms with Crippen molar-refractivity contribution in [3.05, 3.63) is 30.0 Å². The van der Waals surface area contributed by atoms with Gasteiger partial charge in [0.05, 0.1) is 24.6 Å². The number of H-pyrrole nitrogens is 1. The molecule has 0 aliphatic carbocycles. The summed E-state index contributed by atoms with van der Waals surface area (Å²) < 4.78 is 0. The van der Waals surface area contributed by atoms with E-state index in [1.807, 2.05) is 35.2 Å². The lowest BCUT2D eigenvalue weighted by atomic mass is 10.2. The highest BCUT2D eigenvalue weighted by Gasteiger charge is 2.26. The number of nitrogens with zero attached hydrogens (tertiary/aromatic N) is 5. The summed E-state index contributed by atoms with van der Waals surface area (Å²) in [6.07, 6.45) is 0.335. The Labute approximate surface area is 152 Å². The van der Waals surface area contributed by atoms with Gasteiger partial charge in [0.25, 0.3) is 5.91 Å². The topological polar surface area (TPSA) is 96.3 Å². The average Bonchev–Trinajstić information content (AvgIpc) is 3.10. The monoisotopic (exact) mass is 354 g/mol. The number of likely N-dealkylation sites (N-methyl/N-ethyl adjacent to an activating group) is 1. The summed E-state index contributed by atoms with van der Waals surface area (Å²) in [5.41, 5.74) is 1.29. The fourth-order valence-corrected chi connectivity index (χ4v) is 3.04. The van der Waals surface area contributed by atoms with E-state index in [4.69, 9.17) is 5.26 Å². The predicted molar refractivity (Wildman–Crippen MR) is 96.3 cm³/mol. The van der Waals surface area contributed by atoms with Gasteiger partial charge in [0.1, 0.15) is 0 Å². The number of hydrogen-bond acceptors (Lipinski definition) is 5. The van der Waals surface area contributed by atoms with Crippen molar-refractivity contribution < 1.29 is 9.59 Å². The van der Waals surface area contributed by atoms with Gasteiger partial charge in [-0.05, 0) is 6.07 Å². The molecule has 0 radical (unpaired) electrons. The number of carbonyl (C=O) groups excluding carboxylic acids is 2. The van der Waals surface area contributed by atoms with Crippen LogP contribution in [0, 0.1) is 11.3 Å². The molecule has 1 N–H and O–H groups in total. The highest BCUT2D eigenvalue weighted by Crippen LogP contribution is 2.17. The van der Waals surface area contributed by atoms with Crippen LogP contribution in [0.4, 0.5) is 0 Å². The van der Waals surface area contributed by atoms with E-state index in [-0.39, 0.29) is 11.8 Å². The third-order valence-electron chi connectivity index (χ3n) is 4.68. The van der Waals surface area contributed by atoms with Crippen molar-refractivity contribution in [3.63, 3.8) is 0 Å². The molecule has 26 heavy (non-hydrogen) atoms. The Morgan fingerprint density at radius 3 is 2.73 bits per heavy atom. The SMILES string of the molecule is CN(CCC#N)C(=O)CN1CCN(C(=O)c2n[nH]c3ccccc23)CC1. The summed E-state index contributed by atoms with van der Waals surface area (Å²) in [5.74, 6) is -0.0853. The van der Waals surface area contributed by atoms with E-state index in [9.17, 15) is 9.59 Å². The summed E-state index contributed by atoms with van der Waals surface area (Å²) in [4.78, 5) is 30.3. The first-order chi connectivity index (χ1) is 12.6. The summed E-state index contributed by atoms with van der Waals surface area (Å²) >= 11 is 0. The summed E-state index contributed by atoms with van der Waals surface area (Å²) in [6.45, 7) is 3.18. The molecule has 1 fully saturated rings. The number of nitriles is 1. The molecule has 136 valence electrons. The minimum Gasteiger partial charge on any atom is -0.344 e. The van der Waals surface area contributed by atoms with E-state index in [0.717, 1.165) is 10.9 Å². The maximum atomic E-state index is 12.7. The lowest BCUT2D eigenvalue weighted by Crippen LogP contribution is -2.51. The van der Waals surface area contributed by atoms with E-state index in [1.165, 1.54) is 0 Å². The zero-order valence-corrected chi connectivity index (χ0v) is 14.8. The van der Waals surface area contributed by atoms with Crippen LogP contribution in [0.5, 0.6) is 0 Å².